The highest BCUT2D eigenvalue weighted by Gasteiger charge is 2.12. The quantitative estimate of drug-likeness (QED) is 0.553. The minimum Gasteiger partial charge on any atom is -0.391 e. The van der Waals surface area contributed by atoms with Gasteiger partial charge in [-0.2, -0.15) is 5.10 Å². The fourth-order valence-corrected chi connectivity index (χ4v) is 2.95. The van der Waals surface area contributed by atoms with Crippen molar-refractivity contribution in [2.45, 2.75) is 26.5 Å². The van der Waals surface area contributed by atoms with Crippen molar-refractivity contribution in [3.8, 4) is 11.4 Å². The van der Waals surface area contributed by atoms with Gasteiger partial charge >= 0.3 is 0 Å². The number of nitrogens with one attached hydrogen (secondary N) is 1. The number of halogens is 1. The Labute approximate surface area is 160 Å². The van der Waals surface area contributed by atoms with Crippen LogP contribution in [0.3, 0.4) is 0 Å². The first-order valence-electron chi connectivity index (χ1n) is 8.86. The predicted octanol–water partition coefficient (Wildman–Crippen LogP) is 3.46. The molecule has 0 saturated heterocycles. The summed E-state index contributed by atoms with van der Waals surface area (Å²) in [6, 6.07) is 8.35. The smallest absolute Gasteiger partial charge is 0.151 e. The van der Waals surface area contributed by atoms with Crippen LogP contribution >= 0.6 is 0 Å². The number of aliphatic hydroxyl groups is 1. The molecule has 28 heavy (non-hydrogen) atoms. The maximum Gasteiger partial charge on any atom is 0.151 e. The van der Waals surface area contributed by atoms with E-state index in [9.17, 15) is 9.50 Å². The molecule has 0 radical (unpaired) electrons. The van der Waals surface area contributed by atoms with E-state index in [0.717, 1.165) is 17.1 Å². The Hall–Kier alpha value is -3.39. The summed E-state index contributed by atoms with van der Waals surface area (Å²) in [5, 5.41) is 17.4. The topological polar surface area (TPSA) is 88.8 Å². The van der Waals surface area contributed by atoms with Crippen molar-refractivity contribution >= 4 is 22.4 Å². The van der Waals surface area contributed by atoms with Crippen molar-refractivity contribution in [1.82, 2.24) is 24.7 Å². The number of pyridine rings is 3. The second kappa shape index (κ2) is 7.32. The van der Waals surface area contributed by atoms with Gasteiger partial charge in [0, 0.05) is 23.8 Å². The van der Waals surface area contributed by atoms with Gasteiger partial charge < -0.3 is 10.4 Å². The summed E-state index contributed by atoms with van der Waals surface area (Å²) in [6.07, 6.45) is 4.57. The van der Waals surface area contributed by atoms with Gasteiger partial charge in [-0.3, -0.25) is 14.6 Å². The molecule has 7 nitrogen and oxygen atoms in total. The predicted molar refractivity (Wildman–Crippen MR) is 105 cm³/mol. The lowest BCUT2D eigenvalue weighted by molar-refractivity contribution is 0.169. The molecule has 0 saturated carbocycles. The number of aryl methyl sites for hydroxylation is 1. The van der Waals surface area contributed by atoms with Crippen molar-refractivity contribution < 1.29 is 9.50 Å². The number of hydrogen-bond acceptors (Lipinski definition) is 6. The van der Waals surface area contributed by atoms with Crippen LogP contribution in [0.4, 0.5) is 15.8 Å². The molecule has 4 aromatic heterocycles. The van der Waals surface area contributed by atoms with E-state index >= 15 is 0 Å². The van der Waals surface area contributed by atoms with Crippen LogP contribution in [0.2, 0.25) is 0 Å². The first-order chi connectivity index (χ1) is 13.5. The van der Waals surface area contributed by atoms with Crippen LogP contribution in [0.1, 0.15) is 12.6 Å². The van der Waals surface area contributed by atoms with Crippen molar-refractivity contribution in [1.29, 1.82) is 0 Å². The van der Waals surface area contributed by atoms with Gasteiger partial charge in [-0.1, -0.05) is 0 Å². The van der Waals surface area contributed by atoms with Crippen LogP contribution in [0.25, 0.3) is 22.4 Å². The summed E-state index contributed by atoms with van der Waals surface area (Å²) in [7, 11) is 0. The number of aromatic nitrogens is 5. The van der Waals surface area contributed by atoms with Gasteiger partial charge in [0.1, 0.15) is 16.7 Å². The second-order valence-corrected chi connectivity index (χ2v) is 6.63. The lowest BCUT2D eigenvalue weighted by Gasteiger charge is -2.09. The third kappa shape index (κ3) is 3.67. The average molecular weight is 378 g/mol. The summed E-state index contributed by atoms with van der Waals surface area (Å²) < 4.78 is 15.8. The summed E-state index contributed by atoms with van der Waals surface area (Å²) in [6.45, 7) is 3.89. The van der Waals surface area contributed by atoms with Gasteiger partial charge in [0.2, 0.25) is 0 Å². The Morgan fingerprint density at radius 3 is 2.82 bits per heavy atom. The van der Waals surface area contributed by atoms with Gasteiger partial charge in [0.15, 0.2) is 5.82 Å². The van der Waals surface area contributed by atoms with Crippen LogP contribution < -0.4 is 5.32 Å². The molecule has 0 bridgehead atoms. The zero-order chi connectivity index (χ0) is 19.7. The Morgan fingerprint density at radius 2 is 2.00 bits per heavy atom. The zero-order valence-electron chi connectivity index (χ0n) is 15.5. The number of fused-ring (bicyclic) bond motifs is 1. The van der Waals surface area contributed by atoms with Crippen LogP contribution in [0.5, 0.6) is 0 Å². The first-order valence-corrected chi connectivity index (χ1v) is 8.86. The van der Waals surface area contributed by atoms with Gasteiger partial charge in [0.25, 0.3) is 0 Å². The molecule has 142 valence electrons. The lowest BCUT2D eigenvalue weighted by Crippen LogP contribution is -2.11. The van der Waals surface area contributed by atoms with E-state index in [-0.39, 0.29) is 5.69 Å². The van der Waals surface area contributed by atoms with E-state index in [2.05, 4.69) is 25.4 Å². The summed E-state index contributed by atoms with van der Waals surface area (Å²) >= 11 is 0. The first kappa shape index (κ1) is 18.0. The molecule has 0 fully saturated rings. The number of rotatable bonds is 5. The molecule has 2 N–H and O–H groups in total. The average Bonchev–Trinajstić information content (AvgIpc) is 3.07. The molecule has 8 heteroatoms. The molecule has 0 aromatic carbocycles. The Kier molecular flexibility index (Phi) is 4.70. The highest BCUT2D eigenvalue weighted by Crippen LogP contribution is 2.26. The van der Waals surface area contributed by atoms with Crippen molar-refractivity contribution in [2.75, 3.05) is 5.32 Å². The Morgan fingerprint density at radius 1 is 1.18 bits per heavy atom. The summed E-state index contributed by atoms with van der Waals surface area (Å²) in [4.78, 5) is 12.8. The minimum atomic E-state index is -0.509. The maximum atomic E-state index is 14.2. The number of anilines is 2. The van der Waals surface area contributed by atoms with Gasteiger partial charge in [-0.05, 0) is 44.2 Å². The summed E-state index contributed by atoms with van der Waals surface area (Å²) in [5.74, 6) is -0.418. The molecule has 0 aliphatic rings. The number of aliphatic hydroxyl groups excluding tert-OH is 1. The molecule has 0 aliphatic carbocycles. The molecule has 0 amide bonds. The number of hydrogen-bond donors (Lipinski definition) is 2. The largest absolute Gasteiger partial charge is 0.391 e. The molecule has 4 rings (SSSR count). The van der Waals surface area contributed by atoms with Crippen LogP contribution in [0, 0.1) is 12.7 Å². The lowest BCUT2D eigenvalue weighted by atomic mass is 10.2. The van der Waals surface area contributed by atoms with E-state index < -0.39 is 11.9 Å². The monoisotopic (exact) mass is 378 g/mol. The van der Waals surface area contributed by atoms with E-state index in [1.165, 1.54) is 6.07 Å². The Bertz CT molecular complexity index is 1140. The van der Waals surface area contributed by atoms with E-state index in [1.807, 2.05) is 13.0 Å². The SMILES string of the molecule is Cc1ccc(F)c(-c2cc(Nc3ccnc4cn(CC(C)O)nc34)ccn2)n1. The fraction of sp³-hybridized carbons (Fsp3) is 0.200. The molecule has 4 aromatic rings. The van der Waals surface area contributed by atoms with Crippen molar-refractivity contribution in [3.63, 3.8) is 0 Å². The highest BCUT2D eigenvalue weighted by atomic mass is 19.1. The fourth-order valence-electron chi connectivity index (χ4n) is 2.95. The molecule has 1 atom stereocenters. The van der Waals surface area contributed by atoms with Crippen molar-refractivity contribution in [2.24, 2.45) is 0 Å². The number of nitrogens with zero attached hydrogens (tertiary/aromatic N) is 5. The van der Waals surface area contributed by atoms with E-state index in [4.69, 9.17) is 0 Å². The minimum absolute atomic E-state index is 0.213. The van der Waals surface area contributed by atoms with Gasteiger partial charge in [-0.15, -0.1) is 0 Å². The second-order valence-electron chi connectivity index (χ2n) is 6.63. The molecule has 0 aliphatic heterocycles. The zero-order valence-corrected chi connectivity index (χ0v) is 15.5. The van der Waals surface area contributed by atoms with Crippen molar-refractivity contribution in [3.05, 3.63) is 60.4 Å². The third-order valence-corrected chi connectivity index (χ3v) is 4.17. The molecular formula is C20H19FN6O. The van der Waals surface area contributed by atoms with E-state index in [0.29, 0.717) is 23.3 Å². The highest BCUT2D eigenvalue weighted by molar-refractivity contribution is 5.89. The molecular weight excluding hydrogens is 359 g/mol. The normalized spacial score (nSPS) is 12.3. The van der Waals surface area contributed by atoms with Crippen LogP contribution in [-0.2, 0) is 6.54 Å². The van der Waals surface area contributed by atoms with E-state index in [1.54, 1.807) is 48.4 Å². The maximum absolute atomic E-state index is 14.2. The van der Waals surface area contributed by atoms with Gasteiger partial charge in [-0.25, -0.2) is 9.37 Å². The standard InChI is InChI=1S/C20H19FN6O/c1-12-3-4-15(21)19(24-12)17-9-14(5-7-22-17)25-16-6-8-23-18-11-27(10-13(2)28)26-20(16)18/h3-9,11,13,28H,10H2,1-2H3,(H,22,25). The Balaban J connectivity index is 1.68. The van der Waals surface area contributed by atoms with Gasteiger partial charge in [0.05, 0.1) is 30.2 Å². The molecule has 1 unspecified atom stereocenters. The third-order valence-electron chi connectivity index (χ3n) is 4.17. The molecule has 0 spiro atoms. The van der Waals surface area contributed by atoms with Crippen LogP contribution in [-0.4, -0.2) is 35.9 Å². The summed E-state index contributed by atoms with van der Waals surface area (Å²) in [5.41, 5.74) is 4.25. The molecule has 4 heterocycles. The van der Waals surface area contributed by atoms with Crippen LogP contribution in [0.15, 0.2) is 48.9 Å².